The maximum absolute atomic E-state index is 4.40. The fourth-order valence-electron chi connectivity index (χ4n) is 1.53. The Morgan fingerprint density at radius 2 is 2.46 bits per heavy atom. The Morgan fingerprint density at radius 1 is 1.69 bits per heavy atom. The SMILES string of the molecule is Cc1csc(CNCC2CC2C)n1. The Kier molecular flexibility index (Phi) is 2.65. The lowest BCUT2D eigenvalue weighted by molar-refractivity contribution is 0.610. The number of aryl methyl sites for hydroxylation is 1. The lowest BCUT2D eigenvalue weighted by Gasteiger charge is -1.99. The van der Waals surface area contributed by atoms with E-state index in [-0.39, 0.29) is 0 Å². The standard InChI is InChI=1S/C10H16N2S/c1-7-3-9(7)4-11-5-10-12-8(2)6-13-10/h6-7,9,11H,3-5H2,1-2H3. The average Bonchev–Trinajstić information content (AvgIpc) is 2.60. The Morgan fingerprint density at radius 3 is 3.00 bits per heavy atom. The van der Waals surface area contributed by atoms with Crippen LogP contribution in [-0.2, 0) is 6.54 Å². The molecule has 1 aromatic heterocycles. The van der Waals surface area contributed by atoms with Gasteiger partial charge in [-0.1, -0.05) is 6.92 Å². The third-order valence-electron chi connectivity index (χ3n) is 2.63. The molecule has 2 rings (SSSR count). The first kappa shape index (κ1) is 9.16. The highest BCUT2D eigenvalue weighted by molar-refractivity contribution is 7.09. The zero-order chi connectivity index (χ0) is 9.26. The van der Waals surface area contributed by atoms with Crippen molar-refractivity contribution in [1.82, 2.24) is 10.3 Å². The molecule has 0 aliphatic heterocycles. The first-order chi connectivity index (χ1) is 6.25. The van der Waals surface area contributed by atoms with Crippen LogP contribution in [0.3, 0.4) is 0 Å². The molecule has 0 amide bonds. The molecule has 2 nitrogen and oxygen atoms in total. The topological polar surface area (TPSA) is 24.9 Å². The Bertz CT molecular complexity index is 282. The first-order valence-corrected chi connectivity index (χ1v) is 5.75. The van der Waals surface area contributed by atoms with Crippen molar-refractivity contribution in [1.29, 1.82) is 0 Å². The van der Waals surface area contributed by atoms with Crippen LogP contribution in [0.25, 0.3) is 0 Å². The third-order valence-corrected chi connectivity index (χ3v) is 3.59. The van der Waals surface area contributed by atoms with Crippen LogP contribution in [0, 0.1) is 18.8 Å². The summed E-state index contributed by atoms with van der Waals surface area (Å²) in [6.45, 7) is 6.48. The predicted octanol–water partition coefficient (Wildman–Crippen LogP) is 2.20. The van der Waals surface area contributed by atoms with Gasteiger partial charge in [0.05, 0.1) is 0 Å². The number of nitrogens with one attached hydrogen (secondary N) is 1. The molecular formula is C10H16N2S. The largest absolute Gasteiger partial charge is 0.310 e. The van der Waals surface area contributed by atoms with Crippen LogP contribution in [0.4, 0.5) is 0 Å². The Labute approximate surface area is 83.4 Å². The molecule has 1 heterocycles. The smallest absolute Gasteiger partial charge is 0.107 e. The van der Waals surface area contributed by atoms with Crippen molar-refractivity contribution >= 4 is 11.3 Å². The van der Waals surface area contributed by atoms with E-state index in [4.69, 9.17) is 0 Å². The molecule has 1 fully saturated rings. The van der Waals surface area contributed by atoms with E-state index in [9.17, 15) is 0 Å². The van der Waals surface area contributed by atoms with E-state index in [0.29, 0.717) is 0 Å². The van der Waals surface area contributed by atoms with Crippen LogP contribution < -0.4 is 5.32 Å². The summed E-state index contributed by atoms with van der Waals surface area (Å²) < 4.78 is 0. The third kappa shape index (κ3) is 2.51. The molecule has 13 heavy (non-hydrogen) atoms. The lowest BCUT2D eigenvalue weighted by Crippen LogP contribution is -2.16. The maximum Gasteiger partial charge on any atom is 0.107 e. The minimum Gasteiger partial charge on any atom is -0.310 e. The van der Waals surface area contributed by atoms with E-state index in [0.717, 1.165) is 24.1 Å². The molecule has 0 bridgehead atoms. The van der Waals surface area contributed by atoms with E-state index in [1.165, 1.54) is 18.0 Å². The maximum atomic E-state index is 4.40. The van der Waals surface area contributed by atoms with E-state index < -0.39 is 0 Å². The van der Waals surface area contributed by atoms with E-state index >= 15 is 0 Å². The second-order valence-corrected chi connectivity index (χ2v) is 4.93. The van der Waals surface area contributed by atoms with Gasteiger partial charge in [-0.3, -0.25) is 0 Å². The van der Waals surface area contributed by atoms with Crippen molar-refractivity contribution in [3.05, 3.63) is 16.1 Å². The van der Waals surface area contributed by atoms with Crippen LogP contribution >= 0.6 is 11.3 Å². The number of rotatable bonds is 4. The molecule has 72 valence electrons. The van der Waals surface area contributed by atoms with Gasteiger partial charge in [-0.25, -0.2) is 4.98 Å². The summed E-state index contributed by atoms with van der Waals surface area (Å²) in [6.07, 6.45) is 1.41. The van der Waals surface area contributed by atoms with Crippen LogP contribution in [0.15, 0.2) is 5.38 Å². The van der Waals surface area contributed by atoms with Crippen molar-refractivity contribution in [2.24, 2.45) is 11.8 Å². The highest BCUT2D eigenvalue weighted by Gasteiger charge is 2.31. The second-order valence-electron chi connectivity index (χ2n) is 3.99. The molecule has 2 atom stereocenters. The monoisotopic (exact) mass is 196 g/mol. The number of nitrogens with zero attached hydrogens (tertiary/aromatic N) is 1. The summed E-state index contributed by atoms with van der Waals surface area (Å²) in [5.41, 5.74) is 1.14. The molecule has 1 N–H and O–H groups in total. The van der Waals surface area contributed by atoms with Gasteiger partial charge in [0.15, 0.2) is 0 Å². The van der Waals surface area contributed by atoms with Crippen LogP contribution in [0.5, 0.6) is 0 Å². The molecular weight excluding hydrogens is 180 g/mol. The highest BCUT2D eigenvalue weighted by atomic mass is 32.1. The summed E-state index contributed by atoms with van der Waals surface area (Å²) in [5, 5.41) is 6.78. The minimum atomic E-state index is 0.932. The number of hydrogen-bond donors (Lipinski definition) is 1. The molecule has 1 aromatic rings. The van der Waals surface area contributed by atoms with Crippen molar-refractivity contribution in [2.45, 2.75) is 26.8 Å². The van der Waals surface area contributed by atoms with Crippen LogP contribution in [-0.4, -0.2) is 11.5 Å². The first-order valence-electron chi connectivity index (χ1n) is 4.87. The van der Waals surface area contributed by atoms with Crippen LogP contribution in [0.2, 0.25) is 0 Å². The van der Waals surface area contributed by atoms with Gasteiger partial charge in [-0.15, -0.1) is 11.3 Å². The van der Waals surface area contributed by atoms with Crippen LogP contribution in [0.1, 0.15) is 24.0 Å². The van der Waals surface area contributed by atoms with Crippen molar-refractivity contribution in [2.75, 3.05) is 6.54 Å². The van der Waals surface area contributed by atoms with Gasteiger partial charge in [0.2, 0.25) is 0 Å². The lowest BCUT2D eigenvalue weighted by atomic mass is 10.3. The second kappa shape index (κ2) is 3.76. The molecule has 1 aliphatic rings. The zero-order valence-electron chi connectivity index (χ0n) is 8.21. The molecule has 1 saturated carbocycles. The molecule has 1 aliphatic carbocycles. The molecule has 0 aromatic carbocycles. The van der Waals surface area contributed by atoms with Gasteiger partial charge >= 0.3 is 0 Å². The number of aromatic nitrogens is 1. The molecule has 3 heteroatoms. The van der Waals surface area contributed by atoms with E-state index in [2.05, 4.69) is 22.6 Å². The zero-order valence-corrected chi connectivity index (χ0v) is 9.03. The van der Waals surface area contributed by atoms with Gasteiger partial charge < -0.3 is 5.32 Å². The number of hydrogen-bond acceptors (Lipinski definition) is 3. The highest BCUT2D eigenvalue weighted by Crippen LogP contribution is 2.36. The summed E-state index contributed by atoms with van der Waals surface area (Å²) >= 11 is 1.75. The van der Waals surface area contributed by atoms with Crippen molar-refractivity contribution in [3.8, 4) is 0 Å². The minimum absolute atomic E-state index is 0.932. The molecule has 0 spiro atoms. The van der Waals surface area contributed by atoms with E-state index in [1.807, 2.05) is 6.92 Å². The summed E-state index contributed by atoms with van der Waals surface area (Å²) in [5.74, 6) is 1.88. The van der Waals surface area contributed by atoms with Gasteiger partial charge in [0, 0.05) is 17.6 Å². The molecule has 0 saturated heterocycles. The van der Waals surface area contributed by atoms with Crippen molar-refractivity contribution in [3.63, 3.8) is 0 Å². The van der Waals surface area contributed by atoms with Crippen molar-refractivity contribution < 1.29 is 0 Å². The van der Waals surface area contributed by atoms with Gasteiger partial charge in [-0.2, -0.15) is 0 Å². The average molecular weight is 196 g/mol. The van der Waals surface area contributed by atoms with Gasteiger partial charge in [0.25, 0.3) is 0 Å². The quantitative estimate of drug-likeness (QED) is 0.798. The fraction of sp³-hybridized carbons (Fsp3) is 0.700. The summed E-state index contributed by atoms with van der Waals surface area (Å²) in [6, 6.07) is 0. The van der Waals surface area contributed by atoms with Gasteiger partial charge in [-0.05, 0) is 31.7 Å². The summed E-state index contributed by atoms with van der Waals surface area (Å²) in [7, 11) is 0. The Hall–Kier alpha value is -0.410. The molecule has 2 unspecified atom stereocenters. The number of thiazole rings is 1. The van der Waals surface area contributed by atoms with Gasteiger partial charge in [0.1, 0.15) is 5.01 Å². The summed E-state index contributed by atoms with van der Waals surface area (Å²) in [4.78, 5) is 4.40. The molecule has 0 radical (unpaired) electrons. The predicted molar refractivity (Wildman–Crippen MR) is 55.8 cm³/mol. The normalized spacial score (nSPS) is 26.3. The van der Waals surface area contributed by atoms with E-state index in [1.54, 1.807) is 11.3 Å². The fourth-order valence-corrected chi connectivity index (χ4v) is 2.27. The Balaban J connectivity index is 1.68.